The summed E-state index contributed by atoms with van der Waals surface area (Å²) in [7, 11) is 1.91. The van der Waals surface area contributed by atoms with E-state index in [4.69, 9.17) is 17.3 Å². The van der Waals surface area contributed by atoms with Crippen LogP contribution in [0.4, 0.5) is 0 Å². The molecule has 0 bridgehead atoms. The molecule has 3 rings (SSSR count). The summed E-state index contributed by atoms with van der Waals surface area (Å²) in [5.41, 5.74) is 7.53. The largest absolute Gasteiger partial charge is 0.370 e. The monoisotopic (exact) mass is 386 g/mol. The summed E-state index contributed by atoms with van der Waals surface area (Å²) < 4.78 is 1.92. The highest BCUT2D eigenvalue weighted by atomic mass is 35.5. The summed E-state index contributed by atoms with van der Waals surface area (Å²) in [6, 6.07) is 18.1. The van der Waals surface area contributed by atoms with Crippen LogP contribution in [0.5, 0.6) is 0 Å². The van der Waals surface area contributed by atoms with Crippen molar-refractivity contribution < 1.29 is 4.79 Å². The number of aryl methyl sites for hydroxylation is 1. The minimum Gasteiger partial charge on any atom is -0.370 e. The Kier molecular flexibility index (Phi) is 5.96. The molecule has 3 aromatic rings. The zero-order valence-corrected chi connectivity index (χ0v) is 15.9. The van der Waals surface area contributed by atoms with Crippen LogP contribution in [0, 0.1) is 0 Å². The summed E-state index contributed by atoms with van der Waals surface area (Å²) in [5, 5.41) is 10.1. The van der Waals surface area contributed by atoms with Crippen LogP contribution < -0.4 is 5.73 Å². The van der Waals surface area contributed by atoms with E-state index in [2.05, 4.69) is 22.3 Å². The highest BCUT2D eigenvalue weighted by Crippen LogP contribution is 2.39. The third-order valence-corrected chi connectivity index (χ3v) is 5.62. The Morgan fingerprint density at radius 2 is 1.77 bits per heavy atom. The van der Waals surface area contributed by atoms with Gasteiger partial charge in [-0.15, -0.1) is 10.2 Å². The summed E-state index contributed by atoms with van der Waals surface area (Å²) in [5.74, 6) is 0.403. The van der Waals surface area contributed by atoms with Crippen molar-refractivity contribution >= 4 is 29.3 Å². The predicted octanol–water partition coefficient (Wildman–Crippen LogP) is 3.77. The summed E-state index contributed by atoms with van der Waals surface area (Å²) >= 11 is 7.65. The molecular weight excluding hydrogens is 368 g/mol. The number of amides is 1. The molecule has 0 aliphatic rings. The SMILES string of the molecule is Cn1c(CCC(N)=O)nnc1S[C@H](c1ccccc1)c1ccc(Cl)cc1. The van der Waals surface area contributed by atoms with E-state index >= 15 is 0 Å². The number of carbonyl (C=O) groups excluding carboxylic acids is 1. The Morgan fingerprint density at radius 1 is 1.12 bits per heavy atom. The van der Waals surface area contributed by atoms with Crippen LogP contribution in [0.25, 0.3) is 0 Å². The van der Waals surface area contributed by atoms with Gasteiger partial charge in [0.15, 0.2) is 5.16 Å². The van der Waals surface area contributed by atoms with E-state index in [0.29, 0.717) is 11.4 Å². The summed E-state index contributed by atoms with van der Waals surface area (Å²) in [6.45, 7) is 0. The maximum Gasteiger partial charge on any atom is 0.217 e. The zero-order chi connectivity index (χ0) is 18.5. The Balaban J connectivity index is 1.89. The van der Waals surface area contributed by atoms with Gasteiger partial charge in [-0.3, -0.25) is 4.79 Å². The van der Waals surface area contributed by atoms with E-state index in [0.717, 1.165) is 16.5 Å². The van der Waals surface area contributed by atoms with Crippen LogP contribution in [-0.2, 0) is 18.3 Å². The lowest BCUT2D eigenvalue weighted by Gasteiger charge is -2.17. The van der Waals surface area contributed by atoms with Gasteiger partial charge in [-0.2, -0.15) is 0 Å². The van der Waals surface area contributed by atoms with Crippen molar-refractivity contribution in [1.82, 2.24) is 14.8 Å². The van der Waals surface area contributed by atoms with Gasteiger partial charge in [-0.25, -0.2) is 0 Å². The second kappa shape index (κ2) is 8.38. The Bertz CT molecular complexity index is 880. The van der Waals surface area contributed by atoms with E-state index in [1.165, 1.54) is 5.56 Å². The lowest BCUT2D eigenvalue weighted by atomic mass is 10.0. The molecule has 0 saturated carbocycles. The number of hydrogen-bond acceptors (Lipinski definition) is 4. The van der Waals surface area contributed by atoms with Crippen LogP contribution in [0.3, 0.4) is 0 Å². The molecule has 7 heteroatoms. The first-order chi connectivity index (χ1) is 12.5. The number of primary amides is 1. The fourth-order valence-corrected chi connectivity index (χ4v) is 3.87. The number of nitrogens with two attached hydrogens (primary N) is 1. The average Bonchev–Trinajstić information content (AvgIpc) is 2.99. The third kappa shape index (κ3) is 4.45. The number of aromatic nitrogens is 3. The second-order valence-corrected chi connectivity index (χ2v) is 7.39. The number of carbonyl (C=O) groups is 1. The molecule has 26 heavy (non-hydrogen) atoms. The molecule has 0 aliphatic heterocycles. The van der Waals surface area contributed by atoms with Gasteiger partial charge in [0.1, 0.15) is 5.82 Å². The van der Waals surface area contributed by atoms with Gasteiger partial charge in [0, 0.05) is 24.9 Å². The van der Waals surface area contributed by atoms with Crippen molar-refractivity contribution in [2.24, 2.45) is 12.8 Å². The highest BCUT2D eigenvalue weighted by Gasteiger charge is 2.20. The average molecular weight is 387 g/mol. The molecule has 1 heterocycles. The molecule has 2 aromatic carbocycles. The Labute approximate surface area is 161 Å². The van der Waals surface area contributed by atoms with Gasteiger partial charge >= 0.3 is 0 Å². The quantitative estimate of drug-likeness (QED) is 0.627. The molecule has 1 atom stereocenters. The Morgan fingerprint density at radius 3 is 2.42 bits per heavy atom. The van der Waals surface area contributed by atoms with Crippen molar-refractivity contribution in [3.05, 3.63) is 76.6 Å². The van der Waals surface area contributed by atoms with E-state index in [1.54, 1.807) is 11.8 Å². The molecule has 0 aliphatic carbocycles. The number of rotatable bonds is 7. The van der Waals surface area contributed by atoms with E-state index in [-0.39, 0.29) is 17.6 Å². The van der Waals surface area contributed by atoms with Gasteiger partial charge in [0.2, 0.25) is 5.91 Å². The maximum absolute atomic E-state index is 11.0. The van der Waals surface area contributed by atoms with E-state index < -0.39 is 0 Å². The first kappa shape index (κ1) is 18.5. The molecule has 1 aromatic heterocycles. The number of thioether (sulfide) groups is 1. The second-order valence-electron chi connectivity index (χ2n) is 5.88. The topological polar surface area (TPSA) is 73.8 Å². The van der Waals surface area contributed by atoms with Crippen LogP contribution in [0.1, 0.15) is 28.6 Å². The van der Waals surface area contributed by atoms with Crippen molar-refractivity contribution in [3.8, 4) is 0 Å². The minimum absolute atomic E-state index is 0.0559. The normalized spacial score (nSPS) is 12.1. The molecule has 0 fully saturated rings. The molecular formula is C19H19ClN4OS. The lowest BCUT2D eigenvalue weighted by Crippen LogP contribution is -2.13. The molecule has 0 saturated heterocycles. The molecule has 1 amide bonds. The predicted molar refractivity (Wildman–Crippen MR) is 104 cm³/mol. The smallest absolute Gasteiger partial charge is 0.217 e. The molecule has 0 unspecified atom stereocenters. The number of nitrogens with zero attached hydrogens (tertiary/aromatic N) is 3. The van der Waals surface area contributed by atoms with Gasteiger partial charge < -0.3 is 10.3 Å². The minimum atomic E-state index is -0.342. The summed E-state index contributed by atoms with van der Waals surface area (Å²) in [4.78, 5) is 11.0. The van der Waals surface area contributed by atoms with Crippen LogP contribution in [0.15, 0.2) is 59.8 Å². The Hall–Kier alpha value is -2.31. The van der Waals surface area contributed by atoms with Crippen molar-refractivity contribution in [2.75, 3.05) is 0 Å². The van der Waals surface area contributed by atoms with Crippen molar-refractivity contribution in [2.45, 2.75) is 23.2 Å². The lowest BCUT2D eigenvalue weighted by molar-refractivity contribution is -0.118. The maximum atomic E-state index is 11.0. The third-order valence-electron chi connectivity index (χ3n) is 4.02. The fraction of sp³-hybridized carbons (Fsp3) is 0.211. The van der Waals surface area contributed by atoms with Crippen LogP contribution in [0.2, 0.25) is 5.02 Å². The number of benzene rings is 2. The highest BCUT2D eigenvalue weighted by molar-refractivity contribution is 7.99. The van der Waals surface area contributed by atoms with Crippen molar-refractivity contribution in [3.63, 3.8) is 0 Å². The van der Waals surface area contributed by atoms with Gasteiger partial charge in [0.25, 0.3) is 0 Å². The van der Waals surface area contributed by atoms with Gasteiger partial charge in [-0.1, -0.05) is 65.8 Å². The standard InChI is InChI=1S/C19H19ClN4OS/c1-24-17(12-11-16(21)25)22-23-19(24)26-18(13-5-3-2-4-6-13)14-7-9-15(20)10-8-14/h2-10,18H,11-12H2,1H3,(H2,21,25)/t18-/m1/s1. The first-order valence-electron chi connectivity index (χ1n) is 8.18. The molecule has 134 valence electrons. The molecule has 2 N–H and O–H groups in total. The van der Waals surface area contributed by atoms with E-state index in [9.17, 15) is 4.79 Å². The number of halogens is 1. The fourth-order valence-electron chi connectivity index (χ4n) is 2.60. The van der Waals surface area contributed by atoms with Crippen molar-refractivity contribution in [1.29, 1.82) is 0 Å². The van der Waals surface area contributed by atoms with Crippen LogP contribution in [-0.4, -0.2) is 20.7 Å². The van der Waals surface area contributed by atoms with Gasteiger partial charge in [0.05, 0.1) is 5.25 Å². The molecule has 0 spiro atoms. The van der Waals surface area contributed by atoms with E-state index in [1.807, 2.05) is 54.1 Å². The number of hydrogen-bond donors (Lipinski definition) is 1. The molecule has 5 nitrogen and oxygen atoms in total. The summed E-state index contributed by atoms with van der Waals surface area (Å²) in [6.07, 6.45) is 0.742. The van der Waals surface area contributed by atoms with Gasteiger partial charge in [-0.05, 0) is 23.3 Å². The zero-order valence-electron chi connectivity index (χ0n) is 14.3. The first-order valence-corrected chi connectivity index (χ1v) is 9.44. The molecule has 0 radical (unpaired) electrons. The van der Waals surface area contributed by atoms with Crippen LogP contribution >= 0.6 is 23.4 Å².